The highest BCUT2D eigenvalue weighted by Crippen LogP contribution is 2.28. The van der Waals surface area contributed by atoms with E-state index >= 15 is 0 Å². The molecule has 4 rings (SSSR count). The van der Waals surface area contributed by atoms with Gasteiger partial charge in [0, 0.05) is 10.9 Å². The second-order valence-corrected chi connectivity index (χ2v) is 4.48. The normalized spacial score (nSPS) is 11.2. The Balaban J connectivity index is 2.05. The maximum atomic E-state index is 6.09. The second kappa shape index (κ2) is 3.99. The number of aromatic nitrogens is 5. The summed E-state index contributed by atoms with van der Waals surface area (Å²) in [4.78, 5) is 4.45. The van der Waals surface area contributed by atoms with Crippen molar-refractivity contribution in [3.05, 3.63) is 48.5 Å². The van der Waals surface area contributed by atoms with Crippen LogP contribution in [0.4, 0.5) is 5.82 Å². The van der Waals surface area contributed by atoms with Crippen molar-refractivity contribution in [2.45, 2.75) is 0 Å². The summed E-state index contributed by atoms with van der Waals surface area (Å²) in [6.45, 7) is 0. The van der Waals surface area contributed by atoms with Gasteiger partial charge in [0.25, 0.3) is 0 Å². The van der Waals surface area contributed by atoms with E-state index in [9.17, 15) is 0 Å². The minimum Gasteiger partial charge on any atom is -0.383 e. The van der Waals surface area contributed by atoms with Gasteiger partial charge in [-0.1, -0.05) is 30.3 Å². The standard InChI is InChI=1S/C14H10N6/c15-13-11(9-4-2-1-3-5-9)8-10-6-7-12-17-18-19-20(12)14(10)16-13/h1-8H,(H2,15,16). The Kier molecular flexibility index (Phi) is 2.17. The molecule has 0 radical (unpaired) electrons. The Labute approximate surface area is 113 Å². The molecular weight excluding hydrogens is 252 g/mol. The number of pyridine rings is 2. The van der Waals surface area contributed by atoms with Crippen LogP contribution in [0, 0.1) is 0 Å². The summed E-state index contributed by atoms with van der Waals surface area (Å²) in [5, 5.41) is 12.4. The zero-order chi connectivity index (χ0) is 13.5. The number of fused-ring (bicyclic) bond motifs is 3. The first-order valence-corrected chi connectivity index (χ1v) is 6.16. The summed E-state index contributed by atoms with van der Waals surface area (Å²) in [5.74, 6) is 0.465. The first kappa shape index (κ1) is 10.9. The van der Waals surface area contributed by atoms with Crippen LogP contribution in [0.1, 0.15) is 0 Å². The molecule has 0 saturated carbocycles. The molecule has 2 N–H and O–H groups in total. The van der Waals surface area contributed by atoms with Crippen molar-refractivity contribution in [3.8, 4) is 11.1 Å². The van der Waals surface area contributed by atoms with Crippen molar-refractivity contribution >= 4 is 22.5 Å². The number of hydrogen-bond donors (Lipinski definition) is 1. The Morgan fingerprint density at radius 2 is 1.85 bits per heavy atom. The molecule has 6 nitrogen and oxygen atoms in total. The van der Waals surface area contributed by atoms with Crippen LogP contribution in [0.2, 0.25) is 0 Å². The lowest BCUT2D eigenvalue weighted by molar-refractivity contribution is 0.836. The van der Waals surface area contributed by atoms with Crippen molar-refractivity contribution in [1.82, 2.24) is 25.0 Å². The molecule has 0 aliphatic heterocycles. The molecule has 0 atom stereocenters. The number of anilines is 1. The number of tetrazole rings is 1. The first-order valence-electron chi connectivity index (χ1n) is 6.16. The van der Waals surface area contributed by atoms with Crippen LogP contribution < -0.4 is 5.73 Å². The van der Waals surface area contributed by atoms with Gasteiger partial charge in [0.15, 0.2) is 11.3 Å². The molecule has 0 bridgehead atoms. The molecule has 0 amide bonds. The quantitative estimate of drug-likeness (QED) is 0.566. The van der Waals surface area contributed by atoms with E-state index in [1.807, 2.05) is 48.5 Å². The largest absolute Gasteiger partial charge is 0.383 e. The highest BCUT2D eigenvalue weighted by atomic mass is 15.5. The summed E-state index contributed by atoms with van der Waals surface area (Å²) in [6, 6.07) is 15.7. The van der Waals surface area contributed by atoms with E-state index in [4.69, 9.17) is 5.73 Å². The van der Waals surface area contributed by atoms with Gasteiger partial charge >= 0.3 is 0 Å². The Morgan fingerprint density at radius 1 is 1.00 bits per heavy atom. The van der Waals surface area contributed by atoms with Gasteiger partial charge in [-0.25, -0.2) is 4.98 Å². The van der Waals surface area contributed by atoms with E-state index in [-0.39, 0.29) is 0 Å². The fourth-order valence-corrected chi connectivity index (χ4v) is 2.29. The monoisotopic (exact) mass is 262 g/mol. The number of nitrogens with zero attached hydrogens (tertiary/aromatic N) is 5. The number of nitrogens with two attached hydrogens (primary N) is 1. The SMILES string of the molecule is Nc1nc2c(ccc3nnnn32)cc1-c1ccccc1. The molecule has 0 unspecified atom stereocenters. The molecule has 4 aromatic rings. The zero-order valence-electron chi connectivity index (χ0n) is 10.4. The van der Waals surface area contributed by atoms with Crippen LogP contribution in [0.3, 0.4) is 0 Å². The van der Waals surface area contributed by atoms with Crippen molar-refractivity contribution in [1.29, 1.82) is 0 Å². The highest BCUT2D eigenvalue weighted by Gasteiger charge is 2.09. The average Bonchev–Trinajstić information content (AvgIpc) is 2.96. The molecule has 0 spiro atoms. The van der Waals surface area contributed by atoms with Crippen LogP contribution >= 0.6 is 0 Å². The Hall–Kier alpha value is -3.02. The van der Waals surface area contributed by atoms with E-state index < -0.39 is 0 Å². The van der Waals surface area contributed by atoms with Gasteiger partial charge in [-0.05, 0) is 34.2 Å². The molecule has 6 heteroatoms. The third-order valence-corrected chi connectivity index (χ3v) is 3.25. The molecule has 96 valence electrons. The predicted molar refractivity (Wildman–Crippen MR) is 75.9 cm³/mol. The van der Waals surface area contributed by atoms with E-state index in [2.05, 4.69) is 20.5 Å². The molecule has 1 aromatic carbocycles. The molecule has 20 heavy (non-hydrogen) atoms. The second-order valence-electron chi connectivity index (χ2n) is 4.48. The third kappa shape index (κ3) is 1.51. The van der Waals surface area contributed by atoms with E-state index in [0.29, 0.717) is 17.1 Å². The lowest BCUT2D eigenvalue weighted by Crippen LogP contribution is -1.99. The molecular formula is C14H10N6. The highest BCUT2D eigenvalue weighted by molar-refractivity contribution is 5.88. The molecule has 0 saturated heterocycles. The van der Waals surface area contributed by atoms with Crippen molar-refractivity contribution in [3.63, 3.8) is 0 Å². The van der Waals surface area contributed by atoms with E-state index in [1.54, 1.807) is 4.52 Å². The number of hydrogen-bond acceptors (Lipinski definition) is 5. The summed E-state index contributed by atoms with van der Waals surface area (Å²) >= 11 is 0. The van der Waals surface area contributed by atoms with E-state index in [1.165, 1.54) is 0 Å². The average molecular weight is 262 g/mol. The Morgan fingerprint density at radius 3 is 2.70 bits per heavy atom. The van der Waals surface area contributed by atoms with Crippen LogP contribution in [-0.4, -0.2) is 25.0 Å². The third-order valence-electron chi connectivity index (χ3n) is 3.25. The lowest BCUT2D eigenvalue weighted by atomic mass is 10.1. The van der Waals surface area contributed by atoms with Gasteiger partial charge in [-0.2, -0.15) is 4.52 Å². The summed E-state index contributed by atoms with van der Waals surface area (Å²) in [6.07, 6.45) is 0. The summed E-state index contributed by atoms with van der Waals surface area (Å²) < 4.78 is 1.58. The van der Waals surface area contributed by atoms with Gasteiger partial charge in [0.1, 0.15) is 5.82 Å². The smallest absolute Gasteiger partial charge is 0.181 e. The van der Waals surface area contributed by atoms with E-state index in [0.717, 1.165) is 16.5 Å². The number of nitrogen functional groups attached to an aromatic ring is 1. The predicted octanol–water partition coefficient (Wildman–Crippen LogP) is 1.92. The number of benzene rings is 1. The lowest BCUT2D eigenvalue weighted by Gasteiger charge is -2.07. The van der Waals surface area contributed by atoms with Gasteiger partial charge in [0.05, 0.1) is 0 Å². The van der Waals surface area contributed by atoms with Gasteiger partial charge < -0.3 is 5.73 Å². The fraction of sp³-hybridized carbons (Fsp3) is 0. The zero-order valence-corrected chi connectivity index (χ0v) is 10.4. The first-order chi connectivity index (χ1) is 9.83. The molecule has 3 aromatic heterocycles. The van der Waals surface area contributed by atoms with Gasteiger partial charge in [0.2, 0.25) is 0 Å². The van der Waals surface area contributed by atoms with Gasteiger partial charge in [-0.15, -0.1) is 5.10 Å². The maximum Gasteiger partial charge on any atom is 0.181 e. The van der Waals surface area contributed by atoms with Crippen LogP contribution in [0.15, 0.2) is 48.5 Å². The minimum atomic E-state index is 0.465. The summed E-state index contributed by atoms with van der Waals surface area (Å²) in [7, 11) is 0. The van der Waals surface area contributed by atoms with Crippen molar-refractivity contribution in [2.24, 2.45) is 0 Å². The van der Waals surface area contributed by atoms with Crippen molar-refractivity contribution < 1.29 is 0 Å². The number of rotatable bonds is 1. The van der Waals surface area contributed by atoms with Crippen LogP contribution in [-0.2, 0) is 0 Å². The Bertz CT molecular complexity index is 913. The van der Waals surface area contributed by atoms with Crippen LogP contribution in [0.25, 0.3) is 27.8 Å². The van der Waals surface area contributed by atoms with Crippen molar-refractivity contribution in [2.75, 3.05) is 5.73 Å². The topological polar surface area (TPSA) is 82.0 Å². The minimum absolute atomic E-state index is 0.465. The molecule has 0 aliphatic carbocycles. The van der Waals surface area contributed by atoms with Gasteiger partial charge in [-0.3, -0.25) is 0 Å². The molecule has 0 aliphatic rings. The molecule has 3 heterocycles. The van der Waals surface area contributed by atoms with Crippen LogP contribution in [0.5, 0.6) is 0 Å². The molecule has 0 fully saturated rings. The maximum absolute atomic E-state index is 6.09. The summed E-state index contributed by atoms with van der Waals surface area (Å²) in [5.41, 5.74) is 9.34. The fourth-order valence-electron chi connectivity index (χ4n) is 2.29.